The largest absolute Gasteiger partial charge is 0.434 e. The van der Waals surface area contributed by atoms with Crippen LogP contribution in [0.2, 0.25) is 0 Å². The normalized spacial score (nSPS) is 24.1. The summed E-state index contributed by atoms with van der Waals surface area (Å²) < 4.78 is 80.5. The number of rotatable bonds is 1. The predicted octanol–water partition coefficient (Wildman–Crippen LogP) is -2.17. The summed E-state index contributed by atoms with van der Waals surface area (Å²) in [6.07, 6.45) is -17.3. The van der Waals surface area contributed by atoms with Gasteiger partial charge in [-0.1, -0.05) is 0 Å². The van der Waals surface area contributed by atoms with Crippen LogP contribution in [0.4, 0.5) is 31.1 Å². The van der Waals surface area contributed by atoms with Gasteiger partial charge in [0.25, 0.3) is 6.10 Å². The molecule has 150 valence electrons. The van der Waals surface area contributed by atoms with Crippen LogP contribution in [-0.2, 0) is 4.74 Å². The zero-order valence-corrected chi connectivity index (χ0v) is 16.8. The van der Waals surface area contributed by atoms with Gasteiger partial charge < -0.3 is 14.5 Å². The van der Waals surface area contributed by atoms with E-state index in [4.69, 9.17) is 0 Å². The molecule has 1 fully saturated rings. The zero-order chi connectivity index (χ0) is 21.8. The van der Waals surface area contributed by atoms with Crippen molar-refractivity contribution in [3.63, 3.8) is 0 Å². The molecular formula is C12H23B5F6N2O2. The van der Waals surface area contributed by atoms with Crippen LogP contribution in [0.3, 0.4) is 0 Å². The topological polar surface area (TPSA) is 32.8 Å². The van der Waals surface area contributed by atoms with Gasteiger partial charge in [-0.2, -0.15) is 26.3 Å². The lowest BCUT2D eigenvalue weighted by molar-refractivity contribution is -0.309. The summed E-state index contributed by atoms with van der Waals surface area (Å²) in [6.45, 7) is 5.79. The fourth-order valence-electron chi connectivity index (χ4n) is 4.00. The quantitative estimate of drug-likeness (QED) is 0.374. The first-order valence-corrected chi connectivity index (χ1v) is 8.54. The van der Waals surface area contributed by atoms with Crippen LogP contribution in [-0.4, -0.2) is 102 Å². The highest BCUT2D eigenvalue weighted by atomic mass is 19.4. The molecule has 0 bridgehead atoms. The first-order chi connectivity index (χ1) is 11.6. The SMILES string of the molecule is BC1N(C(C)(C)C)C(B)(B)CN(C(=O)OC(C(F)(F)F)C(F)(F)F)C1(B)B. The molecule has 1 atom stereocenters. The third-order valence-corrected chi connectivity index (χ3v) is 5.06. The van der Waals surface area contributed by atoms with Crippen LogP contribution in [0.5, 0.6) is 0 Å². The number of halogens is 6. The molecule has 0 N–H and O–H groups in total. The molecule has 1 saturated heterocycles. The van der Waals surface area contributed by atoms with E-state index in [-0.39, 0.29) is 18.0 Å². The number of carbonyl (C=O) groups is 1. The standard InChI is InChI=1S/C12H23B5F6N2O2/c1-8(2,3)25-6(13)10(16,17)24(4-9(25,14)15)7(26)27-5(11(18,19)20)12(21,22)23/h5-6H,4,13-17H2,1-3H3. The first-order valence-electron chi connectivity index (χ1n) is 8.54. The lowest BCUT2D eigenvalue weighted by Crippen LogP contribution is -2.81. The number of hydrogen-bond donors (Lipinski definition) is 0. The van der Waals surface area contributed by atoms with Crippen LogP contribution >= 0.6 is 0 Å². The van der Waals surface area contributed by atoms with E-state index in [0.717, 1.165) is 4.90 Å². The molecule has 0 aliphatic carbocycles. The summed E-state index contributed by atoms with van der Waals surface area (Å²) in [4.78, 5) is 15.5. The van der Waals surface area contributed by atoms with Crippen molar-refractivity contribution in [2.75, 3.05) is 6.54 Å². The fraction of sp³-hybridized carbons (Fsp3) is 0.917. The highest BCUT2D eigenvalue weighted by Gasteiger charge is 2.61. The lowest BCUT2D eigenvalue weighted by atomic mass is 9.45. The predicted molar refractivity (Wildman–Crippen MR) is 103 cm³/mol. The first kappa shape index (κ1) is 24.2. The van der Waals surface area contributed by atoms with Gasteiger partial charge in [0.05, 0.1) is 0 Å². The average molecular weight is 395 g/mol. The molecule has 1 amide bonds. The molecule has 1 rings (SSSR count). The Labute approximate surface area is 159 Å². The minimum Gasteiger partial charge on any atom is -0.426 e. The van der Waals surface area contributed by atoms with E-state index in [0.29, 0.717) is 0 Å². The van der Waals surface area contributed by atoms with Crippen molar-refractivity contribution >= 4 is 45.3 Å². The van der Waals surface area contributed by atoms with Gasteiger partial charge in [-0.15, -0.1) is 0 Å². The molecule has 0 aromatic rings. The van der Waals surface area contributed by atoms with Crippen molar-refractivity contribution in [1.82, 2.24) is 9.80 Å². The maximum Gasteiger partial charge on any atom is 0.434 e. The number of hydrogen-bond acceptors (Lipinski definition) is 3. The third-order valence-electron chi connectivity index (χ3n) is 5.06. The van der Waals surface area contributed by atoms with Crippen molar-refractivity contribution in [3.8, 4) is 0 Å². The number of nitrogens with zero attached hydrogens (tertiary/aromatic N) is 2. The van der Waals surface area contributed by atoms with Gasteiger partial charge >= 0.3 is 18.4 Å². The Balaban J connectivity index is 3.25. The van der Waals surface area contributed by atoms with Crippen LogP contribution in [0.15, 0.2) is 0 Å². The van der Waals surface area contributed by atoms with Gasteiger partial charge in [0.1, 0.15) is 39.2 Å². The zero-order valence-electron chi connectivity index (χ0n) is 16.8. The summed E-state index contributed by atoms with van der Waals surface area (Å²) in [5, 5.41) is -1.75. The summed E-state index contributed by atoms with van der Waals surface area (Å²) >= 11 is 0. The summed E-state index contributed by atoms with van der Waals surface area (Å²) in [6, 6.07) is 0. The minimum absolute atomic E-state index is 0.0805. The van der Waals surface area contributed by atoms with E-state index in [1.807, 2.05) is 20.8 Å². The molecule has 0 aromatic carbocycles. The van der Waals surface area contributed by atoms with Crippen LogP contribution < -0.4 is 0 Å². The van der Waals surface area contributed by atoms with Gasteiger partial charge in [0.15, 0.2) is 0 Å². The molecule has 15 heteroatoms. The number of piperazine rings is 1. The summed E-state index contributed by atoms with van der Waals surface area (Å²) in [7, 11) is 8.56. The Morgan fingerprint density at radius 1 is 1.04 bits per heavy atom. The number of alkyl halides is 6. The smallest absolute Gasteiger partial charge is 0.426 e. The van der Waals surface area contributed by atoms with E-state index in [1.54, 1.807) is 39.2 Å². The molecule has 0 spiro atoms. The van der Waals surface area contributed by atoms with Crippen LogP contribution in [0, 0.1) is 0 Å². The van der Waals surface area contributed by atoms with E-state index < -0.39 is 35.2 Å². The molecule has 1 unspecified atom stereocenters. The van der Waals surface area contributed by atoms with Crippen molar-refractivity contribution in [1.29, 1.82) is 0 Å². The Kier molecular flexibility index (Phi) is 6.16. The molecule has 0 saturated carbocycles. The Hall–Kier alpha value is -0.865. The summed E-state index contributed by atoms with van der Waals surface area (Å²) in [5.41, 5.74) is -0.337. The van der Waals surface area contributed by atoms with Crippen LogP contribution in [0.25, 0.3) is 0 Å². The van der Waals surface area contributed by atoms with Crippen molar-refractivity contribution < 1.29 is 35.9 Å². The van der Waals surface area contributed by atoms with Crippen molar-refractivity contribution in [3.05, 3.63) is 0 Å². The second-order valence-corrected chi connectivity index (χ2v) is 9.12. The highest BCUT2D eigenvalue weighted by molar-refractivity contribution is 6.46. The van der Waals surface area contributed by atoms with Gasteiger partial charge in [-0.25, -0.2) is 4.79 Å². The number of amides is 1. The number of carbonyl (C=O) groups excluding carboxylic acids is 1. The Morgan fingerprint density at radius 3 is 1.78 bits per heavy atom. The maximum absolute atomic E-state index is 12.8. The summed E-state index contributed by atoms with van der Waals surface area (Å²) in [5.74, 6) is -0.357. The molecular weight excluding hydrogens is 372 g/mol. The molecule has 27 heavy (non-hydrogen) atoms. The van der Waals surface area contributed by atoms with Gasteiger partial charge in [0.2, 0.25) is 0 Å². The van der Waals surface area contributed by atoms with E-state index in [9.17, 15) is 31.1 Å². The monoisotopic (exact) mass is 396 g/mol. The van der Waals surface area contributed by atoms with E-state index >= 15 is 0 Å². The van der Waals surface area contributed by atoms with Gasteiger partial charge in [0, 0.05) is 12.1 Å². The molecule has 4 nitrogen and oxygen atoms in total. The fourth-order valence-corrected chi connectivity index (χ4v) is 4.00. The molecule has 1 heterocycles. The van der Waals surface area contributed by atoms with E-state index in [1.165, 1.54) is 0 Å². The molecule has 0 aromatic heterocycles. The molecule has 0 radical (unpaired) electrons. The van der Waals surface area contributed by atoms with Crippen molar-refractivity contribution in [2.45, 2.75) is 61.4 Å². The lowest BCUT2D eigenvalue weighted by Gasteiger charge is -2.64. The van der Waals surface area contributed by atoms with Crippen molar-refractivity contribution in [2.24, 2.45) is 0 Å². The average Bonchev–Trinajstić information content (AvgIpc) is 2.35. The van der Waals surface area contributed by atoms with Gasteiger partial charge in [-0.05, 0) is 37.4 Å². The Bertz CT molecular complexity index is 564. The third kappa shape index (κ3) is 4.95. The number of ether oxygens (including phenoxy) is 1. The second-order valence-electron chi connectivity index (χ2n) is 9.12. The van der Waals surface area contributed by atoms with E-state index in [2.05, 4.69) is 9.64 Å². The molecule has 1 aliphatic heterocycles. The maximum atomic E-state index is 12.8. The van der Waals surface area contributed by atoms with Crippen LogP contribution in [0.1, 0.15) is 20.8 Å². The van der Waals surface area contributed by atoms with Gasteiger partial charge in [-0.3, -0.25) is 0 Å². The Morgan fingerprint density at radius 2 is 1.44 bits per heavy atom. The molecule has 1 aliphatic rings. The highest BCUT2D eigenvalue weighted by Crippen LogP contribution is 2.38. The minimum atomic E-state index is -5.74. The second kappa shape index (κ2) is 6.88.